The lowest BCUT2D eigenvalue weighted by atomic mass is 9.99. The topological polar surface area (TPSA) is 197 Å². The van der Waals surface area contributed by atoms with Gasteiger partial charge in [-0.2, -0.15) is 9.37 Å². The molecule has 1 saturated heterocycles. The highest BCUT2D eigenvalue weighted by molar-refractivity contribution is 5.72. The van der Waals surface area contributed by atoms with Crippen LogP contribution >= 0.6 is 0 Å². The number of ether oxygens (including phenoxy) is 3. The first-order chi connectivity index (χ1) is 21.7. The van der Waals surface area contributed by atoms with Crippen molar-refractivity contribution in [2.75, 3.05) is 6.61 Å². The number of esters is 2. The molecule has 0 radical (unpaired) electrons. The second-order valence-electron chi connectivity index (χ2n) is 11.8. The van der Waals surface area contributed by atoms with E-state index in [9.17, 15) is 19.2 Å². The minimum absolute atomic E-state index is 0.0191. The number of aromatic nitrogens is 4. The number of fused-ring (bicyclic) bond motifs is 1. The highest BCUT2D eigenvalue weighted by Crippen LogP contribution is 2.40. The molecule has 0 aromatic carbocycles. The highest BCUT2D eigenvalue weighted by Gasteiger charge is 2.50. The quantitative estimate of drug-likeness (QED) is 0.180. The van der Waals surface area contributed by atoms with Crippen molar-refractivity contribution in [3.63, 3.8) is 0 Å². The van der Waals surface area contributed by atoms with E-state index < -0.39 is 59.4 Å². The molecule has 0 bridgehead atoms. The third-order valence-corrected chi connectivity index (χ3v) is 7.52. The Morgan fingerprint density at radius 3 is 2.26 bits per heavy atom. The van der Waals surface area contributed by atoms with Crippen molar-refractivity contribution in [2.45, 2.75) is 85.9 Å². The van der Waals surface area contributed by atoms with Gasteiger partial charge in [-0.25, -0.2) is 14.6 Å². The molecule has 0 unspecified atom stereocenters. The van der Waals surface area contributed by atoms with Gasteiger partial charge in [-0.3, -0.25) is 23.7 Å². The summed E-state index contributed by atoms with van der Waals surface area (Å²) in [4.78, 5) is 61.2. The third-order valence-electron chi connectivity index (χ3n) is 7.52. The van der Waals surface area contributed by atoms with Gasteiger partial charge in [0.15, 0.2) is 28.2 Å². The van der Waals surface area contributed by atoms with Crippen LogP contribution in [-0.4, -0.2) is 49.4 Å². The standard InChI is InChI=1S/C29H34FN5O11/c1-13(2)24(36)40-11-29(7)19(45-25(37)14(3)4)8-20(46-29)35-12-32-21-22(31-9-17-15(5)41-27(38)43-17)34(26(30)33-23(21)35)10-18-16(6)42-28(39)44-18/h12-14,19-20H,8-11H2,1-7H3/b31-22-/t19-,20+,29+/m0/s1. The van der Waals surface area contributed by atoms with Crippen molar-refractivity contribution in [2.24, 2.45) is 16.8 Å². The molecule has 5 heterocycles. The summed E-state index contributed by atoms with van der Waals surface area (Å²) in [6.07, 6.45) is -1.28. The minimum Gasteiger partial charge on any atom is -0.462 e. The van der Waals surface area contributed by atoms with E-state index in [1.807, 2.05) is 0 Å². The van der Waals surface area contributed by atoms with Crippen molar-refractivity contribution in [1.82, 2.24) is 19.1 Å². The van der Waals surface area contributed by atoms with E-state index in [2.05, 4.69) is 15.0 Å². The van der Waals surface area contributed by atoms with Gasteiger partial charge < -0.3 is 31.9 Å². The molecule has 248 valence electrons. The zero-order chi connectivity index (χ0) is 33.5. The van der Waals surface area contributed by atoms with Gasteiger partial charge in [-0.15, -0.1) is 0 Å². The summed E-state index contributed by atoms with van der Waals surface area (Å²) in [7, 11) is 0. The van der Waals surface area contributed by atoms with E-state index in [1.165, 1.54) is 24.7 Å². The van der Waals surface area contributed by atoms with Crippen LogP contribution in [0, 0.1) is 31.8 Å². The van der Waals surface area contributed by atoms with Gasteiger partial charge in [0.2, 0.25) is 0 Å². The number of carbonyl (C=O) groups is 2. The summed E-state index contributed by atoms with van der Waals surface area (Å²) in [6.45, 7) is 10.6. The Kier molecular flexibility index (Phi) is 8.88. The number of nitrogens with zero attached hydrogens (tertiary/aromatic N) is 5. The molecule has 0 aliphatic carbocycles. The molecule has 1 aliphatic heterocycles. The molecule has 0 spiro atoms. The Hall–Kier alpha value is -4.80. The molecule has 0 amide bonds. The van der Waals surface area contributed by atoms with Crippen molar-refractivity contribution < 1.29 is 45.9 Å². The van der Waals surface area contributed by atoms with Crippen LogP contribution < -0.4 is 17.1 Å². The first-order valence-electron chi connectivity index (χ1n) is 14.5. The molecule has 1 fully saturated rings. The number of carbonyl (C=O) groups excluding carboxylic acids is 2. The molecule has 1 aliphatic rings. The molecule has 46 heavy (non-hydrogen) atoms. The molecule has 5 rings (SSSR count). The molecule has 16 nitrogen and oxygen atoms in total. The van der Waals surface area contributed by atoms with Gasteiger partial charge in [-0.05, 0) is 20.8 Å². The monoisotopic (exact) mass is 647 g/mol. The fourth-order valence-electron chi connectivity index (χ4n) is 4.82. The summed E-state index contributed by atoms with van der Waals surface area (Å²) in [6, 6.07) is 0. The van der Waals surface area contributed by atoms with Crippen molar-refractivity contribution in [3.8, 4) is 0 Å². The molecular weight excluding hydrogens is 613 g/mol. The van der Waals surface area contributed by atoms with Crippen molar-refractivity contribution in [3.05, 3.63) is 62.2 Å². The lowest BCUT2D eigenvalue weighted by Crippen LogP contribution is -2.44. The summed E-state index contributed by atoms with van der Waals surface area (Å²) in [5.74, 6) is -3.20. The maximum atomic E-state index is 15.9. The van der Waals surface area contributed by atoms with Crippen LogP contribution in [0.1, 0.15) is 70.3 Å². The number of hydrogen-bond acceptors (Lipinski definition) is 14. The first-order valence-corrected chi connectivity index (χ1v) is 14.5. The Balaban J connectivity index is 1.58. The number of halogens is 1. The van der Waals surface area contributed by atoms with E-state index in [0.29, 0.717) is 0 Å². The summed E-state index contributed by atoms with van der Waals surface area (Å²) in [5, 5.41) is 0. The predicted octanol–water partition coefficient (Wildman–Crippen LogP) is 2.67. The van der Waals surface area contributed by atoms with Gasteiger partial charge in [0, 0.05) is 6.42 Å². The SMILES string of the molecule is Cc1oc(=O)oc1C/N=c1/c2ncn([C@H]3C[C@H](OC(=O)C(C)C)[C@@](C)(COC(=O)C(C)C)O3)c2nc(F)n1Cc1oc(=O)oc1C. The van der Waals surface area contributed by atoms with Crippen LogP contribution in [0.25, 0.3) is 11.2 Å². The molecule has 3 atom stereocenters. The highest BCUT2D eigenvalue weighted by atomic mass is 19.1. The van der Waals surface area contributed by atoms with Crippen LogP contribution in [0.4, 0.5) is 4.39 Å². The normalized spacial score (nSPS) is 20.3. The molecule has 4 aromatic heterocycles. The predicted molar refractivity (Wildman–Crippen MR) is 151 cm³/mol. The van der Waals surface area contributed by atoms with E-state index >= 15 is 4.39 Å². The Morgan fingerprint density at radius 2 is 1.67 bits per heavy atom. The fourth-order valence-corrected chi connectivity index (χ4v) is 4.82. The zero-order valence-corrected chi connectivity index (χ0v) is 26.3. The Labute approximate surface area is 259 Å². The number of hydrogen-bond donors (Lipinski definition) is 0. The second-order valence-corrected chi connectivity index (χ2v) is 11.8. The maximum Gasteiger partial charge on any atom is 0.519 e. The third kappa shape index (κ3) is 6.45. The van der Waals surface area contributed by atoms with Crippen molar-refractivity contribution in [1.29, 1.82) is 0 Å². The van der Waals surface area contributed by atoms with E-state index in [1.54, 1.807) is 34.6 Å². The van der Waals surface area contributed by atoms with Crippen LogP contribution in [0.15, 0.2) is 38.6 Å². The molecule has 0 saturated carbocycles. The van der Waals surface area contributed by atoms with Gasteiger partial charge in [0.05, 0.1) is 24.7 Å². The smallest absolute Gasteiger partial charge is 0.462 e. The minimum atomic E-state index is -1.26. The Bertz CT molecular complexity index is 1960. The number of rotatable bonds is 10. The van der Waals surface area contributed by atoms with Gasteiger partial charge in [0.1, 0.15) is 42.6 Å². The lowest BCUT2D eigenvalue weighted by Gasteiger charge is -2.30. The summed E-state index contributed by atoms with van der Waals surface area (Å²) in [5.41, 5.74) is -1.16. The van der Waals surface area contributed by atoms with E-state index in [4.69, 9.17) is 31.9 Å². The van der Waals surface area contributed by atoms with Crippen LogP contribution in [0.5, 0.6) is 0 Å². The molecule has 17 heteroatoms. The zero-order valence-electron chi connectivity index (χ0n) is 26.3. The van der Waals surface area contributed by atoms with Crippen molar-refractivity contribution >= 4 is 23.1 Å². The van der Waals surface area contributed by atoms with Crippen LogP contribution in [0.2, 0.25) is 0 Å². The Morgan fingerprint density at radius 1 is 1.04 bits per heavy atom. The first kappa shape index (κ1) is 32.6. The van der Waals surface area contributed by atoms with Crippen LogP contribution in [-0.2, 0) is 36.9 Å². The number of aryl methyl sites for hydroxylation is 2. The second kappa shape index (κ2) is 12.5. The summed E-state index contributed by atoms with van der Waals surface area (Å²) < 4.78 is 55.9. The van der Waals surface area contributed by atoms with Gasteiger partial charge in [0.25, 0.3) is 6.08 Å². The summed E-state index contributed by atoms with van der Waals surface area (Å²) >= 11 is 0. The lowest BCUT2D eigenvalue weighted by molar-refractivity contribution is -0.177. The largest absolute Gasteiger partial charge is 0.519 e. The maximum absolute atomic E-state index is 15.9. The van der Waals surface area contributed by atoms with E-state index in [0.717, 1.165) is 4.57 Å². The molecule has 4 aromatic rings. The average molecular weight is 648 g/mol. The average Bonchev–Trinajstić information content (AvgIpc) is 3.71. The number of imidazole rings is 1. The molecular formula is C29H34FN5O11. The fraction of sp³-hybridized carbons (Fsp3) is 0.552. The van der Waals surface area contributed by atoms with Gasteiger partial charge >= 0.3 is 23.6 Å². The van der Waals surface area contributed by atoms with Crippen LogP contribution in [0.3, 0.4) is 0 Å². The van der Waals surface area contributed by atoms with E-state index in [-0.39, 0.29) is 65.8 Å². The van der Waals surface area contributed by atoms with Gasteiger partial charge in [-0.1, -0.05) is 27.7 Å². The molecule has 0 N–H and O–H groups in total.